The van der Waals surface area contributed by atoms with E-state index in [2.05, 4.69) is 90.2 Å². The van der Waals surface area contributed by atoms with Crippen molar-refractivity contribution in [3.63, 3.8) is 0 Å². The summed E-state index contributed by atoms with van der Waals surface area (Å²) in [6.45, 7) is 13.4. The molecule has 3 amide bonds. The summed E-state index contributed by atoms with van der Waals surface area (Å²) < 4.78 is 54.1. The first-order valence-electron chi connectivity index (χ1n) is 28.0. The monoisotopic (exact) mass is 1300 g/mol. The first-order valence-corrected chi connectivity index (χ1v) is 28.3. The number of nitrogens with one attached hydrogen (secondary N) is 3. The molecular formula is C64H55ClF2N16O11. The van der Waals surface area contributed by atoms with Crippen molar-refractivity contribution >= 4 is 70.3 Å². The Balaban J connectivity index is 0.000000201. The Morgan fingerprint density at radius 1 is 0.564 bits per heavy atom. The molecule has 2 aromatic carbocycles. The number of aromatic nitrogens is 13. The number of halogens is 3. The second-order valence-corrected chi connectivity index (χ2v) is 20.4. The van der Waals surface area contributed by atoms with E-state index in [4.69, 9.17) is 43.4 Å². The third kappa shape index (κ3) is 18.1. The number of pyridine rings is 1. The van der Waals surface area contributed by atoms with Gasteiger partial charge in [-0.25, -0.2) is 43.1 Å². The molecule has 478 valence electrons. The van der Waals surface area contributed by atoms with Gasteiger partial charge < -0.3 is 34.9 Å². The molecular weight excluding hydrogens is 1240 g/mol. The number of amides is 3. The van der Waals surface area contributed by atoms with Crippen LogP contribution >= 0.6 is 11.6 Å². The zero-order valence-corrected chi connectivity index (χ0v) is 51.9. The number of rotatable bonds is 18. The number of hydrogen-bond donors (Lipinski definition) is 3. The lowest BCUT2D eigenvalue weighted by molar-refractivity contribution is -0.179. The number of ether oxygens (including phenoxy) is 4. The number of terminal acetylenes is 2. The molecule has 1 atom stereocenters. The quantitative estimate of drug-likeness (QED) is 0.0238. The number of nitrogens with zero attached hydrogens (tertiary/aromatic N) is 13. The van der Waals surface area contributed by atoms with Crippen LogP contribution in [0.25, 0.3) is 17.5 Å². The summed E-state index contributed by atoms with van der Waals surface area (Å²) in [5, 5.41) is 31.2. The fraction of sp³-hybridized carbons (Fsp3) is 0.203. The highest BCUT2D eigenvalue weighted by atomic mass is 35.5. The summed E-state index contributed by atoms with van der Waals surface area (Å²) in [4.78, 5) is 103. The predicted octanol–water partition coefficient (Wildman–Crippen LogP) is 8.48. The van der Waals surface area contributed by atoms with Gasteiger partial charge in [-0.05, 0) is 94.4 Å². The zero-order chi connectivity index (χ0) is 68.2. The topological polar surface area (TPSA) is 336 Å². The van der Waals surface area contributed by atoms with Crippen LogP contribution in [0.1, 0.15) is 135 Å². The minimum atomic E-state index is -1.23. The van der Waals surface area contributed by atoms with Crippen molar-refractivity contribution in [2.45, 2.75) is 67.8 Å². The third-order valence-corrected chi connectivity index (χ3v) is 12.5. The van der Waals surface area contributed by atoms with Crippen molar-refractivity contribution in [2.24, 2.45) is 11.8 Å². The molecule has 3 N–H and O–H groups in total. The minimum Gasteiger partial charge on any atom is -0.461 e. The van der Waals surface area contributed by atoms with Crippen LogP contribution in [0.5, 0.6) is 0 Å². The number of carbonyl (C=O) groups excluding carboxylic acids is 7. The summed E-state index contributed by atoms with van der Waals surface area (Å²) in [5.74, 6) is 3.63. The summed E-state index contributed by atoms with van der Waals surface area (Å²) in [7, 11) is 0. The van der Waals surface area contributed by atoms with Crippen molar-refractivity contribution in [3.05, 3.63) is 190 Å². The first-order chi connectivity index (χ1) is 45.0. The van der Waals surface area contributed by atoms with Crippen LogP contribution in [-0.2, 0) is 23.7 Å². The van der Waals surface area contributed by atoms with Crippen LogP contribution < -0.4 is 16.0 Å². The van der Waals surface area contributed by atoms with Gasteiger partial charge >= 0.3 is 23.9 Å². The number of esters is 4. The summed E-state index contributed by atoms with van der Waals surface area (Å²) in [5.41, 5.74) is -0.585. The molecule has 0 saturated carbocycles. The van der Waals surface area contributed by atoms with E-state index in [9.17, 15) is 42.3 Å². The number of carbonyl (C=O) groups is 7. The maximum Gasteiger partial charge on any atom is 0.359 e. The minimum absolute atomic E-state index is 0.00971. The van der Waals surface area contributed by atoms with Gasteiger partial charge in [0.2, 0.25) is 6.29 Å². The fourth-order valence-electron chi connectivity index (χ4n) is 7.56. The van der Waals surface area contributed by atoms with Gasteiger partial charge in [0.25, 0.3) is 17.7 Å². The molecule has 0 spiro atoms. The highest BCUT2D eigenvalue weighted by molar-refractivity contribution is 6.31. The Hall–Kier alpha value is -12.4. The van der Waals surface area contributed by atoms with Crippen molar-refractivity contribution < 1.29 is 61.3 Å². The zero-order valence-electron chi connectivity index (χ0n) is 51.2. The lowest BCUT2D eigenvalue weighted by atomic mass is 10.1. The number of imidazole rings is 3. The van der Waals surface area contributed by atoms with Crippen molar-refractivity contribution in [2.75, 3.05) is 22.6 Å². The van der Waals surface area contributed by atoms with E-state index < -0.39 is 77.5 Å². The molecule has 0 radical (unpaired) electrons. The SMILES string of the molecule is C#Cc1cc(NC(=O)c2ccc(-n3ccnc3)nn2)c(C(=O)OC(C)C)cc1F.C#Cc1cc(NC(=O)c2ccc(-n3ccnc3)nn2)c(C(=O)OC(OC(=O)C(C)C)C(C)C)cc1F.CC#Cc1cc(NC(=O)c2ccc(-n3ccnc3)nn2)c(C(=O)OCC)nc1Cl. The van der Waals surface area contributed by atoms with E-state index in [-0.39, 0.29) is 73.9 Å². The molecule has 0 aliphatic carbocycles. The molecule has 0 saturated heterocycles. The summed E-state index contributed by atoms with van der Waals surface area (Å²) >= 11 is 6.08. The van der Waals surface area contributed by atoms with E-state index in [0.29, 0.717) is 23.0 Å². The van der Waals surface area contributed by atoms with Crippen molar-refractivity contribution in [3.8, 4) is 54.0 Å². The molecule has 30 heteroatoms. The average Bonchev–Trinajstić information content (AvgIpc) is 1.07. The van der Waals surface area contributed by atoms with Gasteiger partial charge in [0, 0.05) is 43.1 Å². The van der Waals surface area contributed by atoms with Gasteiger partial charge in [0.05, 0.1) is 63.5 Å². The maximum atomic E-state index is 14.5. The van der Waals surface area contributed by atoms with Crippen LogP contribution in [0.3, 0.4) is 0 Å². The molecule has 0 fully saturated rings. The number of benzene rings is 2. The molecule has 0 aliphatic rings. The van der Waals surface area contributed by atoms with Gasteiger partial charge in [-0.15, -0.1) is 49.4 Å². The molecule has 27 nitrogen and oxygen atoms in total. The van der Waals surface area contributed by atoms with Gasteiger partial charge in [-0.3, -0.25) is 32.9 Å². The van der Waals surface area contributed by atoms with Crippen LogP contribution in [0.2, 0.25) is 5.15 Å². The van der Waals surface area contributed by atoms with Gasteiger partial charge in [0.15, 0.2) is 40.2 Å². The summed E-state index contributed by atoms with van der Waals surface area (Å²) in [6.07, 6.45) is 23.4. The van der Waals surface area contributed by atoms with Crippen LogP contribution in [0, 0.1) is 60.0 Å². The Morgan fingerprint density at radius 2 is 0.979 bits per heavy atom. The van der Waals surface area contributed by atoms with Crippen molar-refractivity contribution in [1.82, 2.24) is 64.2 Å². The second-order valence-electron chi connectivity index (χ2n) is 20.0. The second kappa shape index (κ2) is 32.4. The first kappa shape index (κ1) is 69.1. The molecule has 9 aromatic rings. The molecule has 1 unspecified atom stereocenters. The van der Waals surface area contributed by atoms with E-state index in [0.717, 1.165) is 18.2 Å². The van der Waals surface area contributed by atoms with E-state index in [1.54, 1.807) is 131 Å². The highest BCUT2D eigenvalue weighted by Gasteiger charge is 2.29. The van der Waals surface area contributed by atoms with Gasteiger partial charge in [-0.1, -0.05) is 57.1 Å². The molecule has 7 aromatic heterocycles. The van der Waals surface area contributed by atoms with Gasteiger partial charge in [0.1, 0.15) is 35.8 Å². The lowest BCUT2D eigenvalue weighted by Crippen LogP contribution is -2.31. The lowest BCUT2D eigenvalue weighted by Gasteiger charge is -2.23. The Bertz CT molecular complexity index is 4370. The molecule has 9 rings (SSSR count). The molecule has 94 heavy (non-hydrogen) atoms. The summed E-state index contributed by atoms with van der Waals surface area (Å²) in [6, 6.07) is 14.7. The van der Waals surface area contributed by atoms with Crippen molar-refractivity contribution in [1.29, 1.82) is 0 Å². The van der Waals surface area contributed by atoms with E-state index in [1.165, 1.54) is 43.0 Å². The number of hydrogen-bond acceptors (Lipinski definition) is 21. The molecule has 0 bridgehead atoms. The Morgan fingerprint density at radius 3 is 1.32 bits per heavy atom. The largest absolute Gasteiger partial charge is 0.461 e. The van der Waals surface area contributed by atoms with Crippen LogP contribution in [0.15, 0.2) is 123 Å². The number of anilines is 3. The van der Waals surface area contributed by atoms with Gasteiger partial charge in [-0.2, -0.15) is 0 Å². The third-order valence-electron chi connectivity index (χ3n) is 12.2. The smallest absolute Gasteiger partial charge is 0.359 e. The fourth-order valence-corrected chi connectivity index (χ4v) is 7.75. The van der Waals surface area contributed by atoms with E-state index in [1.807, 2.05) is 0 Å². The van der Waals surface area contributed by atoms with Crippen LogP contribution in [0.4, 0.5) is 25.8 Å². The van der Waals surface area contributed by atoms with Crippen LogP contribution in [-0.4, -0.2) is 125 Å². The Kier molecular flexibility index (Phi) is 23.8. The normalized spacial score (nSPS) is 10.8. The maximum absolute atomic E-state index is 14.5. The standard InChI is InChI=1S/C25H24FN5O5.C20H16FN5O3.C19H15ClN6O3/c1-6-16-11-20(28-22(32)19-7-8-21(30-29-19)31-10-9-27-13-31)17(12-18(16)26)24(34)36-25(15(4)5)35-23(33)14(2)3;1-4-13-9-17(14(10-15(13)21)20(28)29-12(2)3)23-19(27)16-5-6-18(25-24-16)26-8-7-22-11-26;1-3-5-12-10-14(16(23-17(12)20)19(28)29-4-2)22-18(27)13-6-7-15(25-24-13)26-9-8-21-11-26/h1,7-15,25H,2-5H3,(H,28,32);1,5-12H,2-3H3,(H,23,27);6-11H,4H2,1-2H3,(H,22,27). The Labute approximate surface area is 540 Å². The molecule has 0 aliphatic heterocycles. The van der Waals surface area contributed by atoms with E-state index >= 15 is 0 Å². The molecule has 7 heterocycles. The predicted molar refractivity (Wildman–Crippen MR) is 333 cm³/mol. The average molecular weight is 1300 g/mol. The highest BCUT2D eigenvalue weighted by Crippen LogP contribution is 2.27.